The van der Waals surface area contributed by atoms with Crippen molar-refractivity contribution in [3.63, 3.8) is 0 Å². The first-order valence-electron chi connectivity index (χ1n) is 5.85. The monoisotopic (exact) mass is 268 g/mol. The molecule has 0 bridgehead atoms. The predicted octanol–water partition coefficient (Wildman–Crippen LogP) is 2.53. The van der Waals surface area contributed by atoms with Crippen LogP contribution < -0.4 is 5.32 Å². The molecule has 1 amide bonds. The summed E-state index contributed by atoms with van der Waals surface area (Å²) in [6.45, 7) is 1.81. The second-order valence-corrected chi connectivity index (χ2v) is 4.30. The summed E-state index contributed by atoms with van der Waals surface area (Å²) in [5, 5.41) is 30.1. The van der Waals surface area contributed by atoms with Gasteiger partial charge in [0.25, 0.3) is 5.91 Å². The Kier molecular flexibility index (Phi) is 3.58. The van der Waals surface area contributed by atoms with E-state index in [2.05, 4.69) is 5.32 Å². The summed E-state index contributed by atoms with van der Waals surface area (Å²) < 4.78 is 0. The van der Waals surface area contributed by atoms with Gasteiger partial charge < -0.3 is 15.5 Å². The van der Waals surface area contributed by atoms with Gasteiger partial charge in [-0.3, -0.25) is 4.79 Å². The number of hydrogen-bond donors (Lipinski definition) is 3. The molecule has 2 aromatic rings. The van der Waals surface area contributed by atoms with Crippen LogP contribution in [0.25, 0.3) is 0 Å². The molecular weight excluding hydrogens is 256 g/mol. The van der Waals surface area contributed by atoms with Crippen LogP contribution in [0, 0.1) is 18.3 Å². The smallest absolute Gasteiger partial charge is 0.255 e. The molecule has 0 saturated heterocycles. The van der Waals surface area contributed by atoms with Crippen molar-refractivity contribution in [1.82, 2.24) is 0 Å². The Morgan fingerprint density at radius 1 is 1.15 bits per heavy atom. The number of aryl methyl sites for hydroxylation is 1. The number of amides is 1. The van der Waals surface area contributed by atoms with Crippen molar-refractivity contribution in [3.05, 3.63) is 53.1 Å². The lowest BCUT2D eigenvalue weighted by Gasteiger charge is -2.09. The first kappa shape index (κ1) is 13.4. The standard InChI is InChI=1S/C15H12N2O3/c1-9-2-3-10(8-16)6-12(9)17-15(20)11-4-5-13(18)14(19)7-11/h2-7,18-19H,1H3,(H,17,20). The van der Waals surface area contributed by atoms with Crippen LogP contribution >= 0.6 is 0 Å². The maximum absolute atomic E-state index is 12.0. The molecule has 0 aliphatic rings. The minimum atomic E-state index is -0.432. The number of phenolic OH excluding ortho intramolecular Hbond substituents is 2. The number of hydrogen-bond acceptors (Lipinski definition) is 4. The molecule has 0 aliphatic carbocycles. The molecular formula is C15H12N2O3. The molecule has 0 heterocycles. The zero-order valence-corrected chi connectivity index (χ0v) is 10.7. The number of benzene rings is 2. The van der Waals surface area contributed by atoms with Crippen LogP contribution in [-0.2, 0) is 0 Å². The molecule has 0 radical (unpaired) electrons. The Labute approximate surface area is 115 Å². The predicted molar refractivity (Wildman–Crippen MR) is 73.6 cm³/mol. The van der Waals surface area contributed by atoms with Crippen LogP contribution in [0.3, 0.4) is 0 Å². The summed E-state index contributed by atoms with van der Waals surface area (Å²) in [5.41, 5.74) is 2.00. The lowest BCUT2D eigenvalue weighted by atomic mass is 10.1. The van der Waals surface area contributed by atoms with E-state index in [0.29, 0.717) is 11.3 Å². The first-order chi connectivity index (χ1) is 9.51. The van der Waals surface area contributed by atoms with Crippen LogP contribution in [0.5, 0.6) is 11.5 Å². The van der Waals surface area contributed by atoms with Gasteiger partial charge in [0.1, 0.15) is 0 Å². The topological polar surface area (TPSA) is 93.4 Å². The summed E-state index contributed by atoms with van der Waals surface area (Å²) in [6, 6.07) is 10.8. The van der Waals surface area contributed by atoms with Crippen LogP contribution in [0.1, 0.15) is 21.5 Å². The average molecular weight is 268 g/mol. The number of rotatable bonds is 2. The van der Waals surface area contributed by atoms with Gasteiger partial charge in [-0.05, 0) is 42.8 Å². The zero-order valence-electron chi connectivity index (χ0n) is 10.7. The minimum absolute atomic E-state index is 0.210. The maximum Gasteiger partial charge on any atom is 0.255 e. The van der Waals surface area contributed by atoms with E-state index in [1.165, 1.54) is 18.2 Å². The SMILES string of the molecule is Cc1ccc(C#N)cc1NC(=O)c1ccc(O)c(O)c1. The third kappa shape index (κ3) is 2.70. The highest BCUT2D eigenvalue weighted by molar-refractivity contribution is 6.05. The molecule has 0 aromatic heterocycles. The van der Waals surface area contributed by atoms with Crippen LogP contribution in [0.15, 0.2) is 36.4 Å². The van der Waals surface area contributed by atoms with Gasteiger partial charge in [-0.1, -0.05) is 6.07 Å². The van der Waals surface area contributed by atoms with Crippen molar-refractivity contribution in [3.8, 4) is 17.6 Å². The Bertz CT molecular complexity index is 718. The Hall–Kier alpha value is -3.00. The fourth-order valence-electron chi connectivity index (χ4n) is 1.69. The summed E-state index contributed by atoms with van der Waals surface area (Å²) in [4.78, 5) is 12.0. The van der Waals surface area contributed by atoms with Gasteiger partial charge in [-0.15, -0.1) is 0 Å². The van der Waals surface area contributed by atoms with Crippen LogP contribution in [0.4, 0.5) is 5.69 Å². The summed E-state index contributed by atoms with van der Waals surface area (Å²) in [7, 11) is 0. The van der Waals surface area contributed by atoms with E-state index in [0.717, 1.165) is 5.56 Å². The van der Waals surface area contributed by atoms with E-state index < -0.39 is 5.91 Å². The number of nitrogens with one attached hydrogen (secondary N) is 1. The van der Waals surface area contributed by atoms with Crippen molar-refractivity contribution in [1.29, 1.82) is 5.26 Å². The summed E-state index contributed by atoms with van der Waals surface area (Å²) in [5.74, 6) is -1.08. The van der Waals surface area contributed by atoms with E-state index in [9.17, 15) is 15.0 Å². The largest absolute Gasteiger partial charge is 0.504 e. The lowest BCUT2D eigenvalue weighted by Crippen LogP contribution is -2.12. The molecule has 0 saturated carbocycles. The van der Waals surface area contributed by atoms with Crippen molar-refractivity contribution in [2.24, 2.45) is 0 Å². The molecule has 0 aliphatic heterocycles. The zero-order chi connectivity index (χ0) is 14.7. The second-order valence-electron chi connectivity index (χ2n) is 4.30. The fourth-order valence-corrected chi connectivity index (χ4v) is 1.69. The molecule has 2 aromatic carbocycles. The highest BCUT2D eigenvalue weighted by Gasteiger charge is 2.10. The number of nitrogens with zero attached hydrogens (tertiary/aromatic N) is 1. The molecule has 5 nitrogen and oxygen atoms in total. The molecule has 0 spiro atoms. The quantitative estimate of drug-likeness (QED) is 0.729. The molecule has 3 N–H and O–H groups in total. The lowest BCUT2D eigenvalue weighted by molar-refractivity contribution is 0.102. The summed E-state index contributed by atoms with van der Waals surface area (Å²) in [6.07, 6.45) is 0. The van der Waals surface area contributed by atoms with E-state index >= 15 is 0 Å². The highest BCUT2D eigenvalue weighted by atomic mass is 16.3. The molecule has 2 rings (SSSR count). The third-order valence-electron chi connectivity index (χ3n) is 2.85. The van der Waals surface area contributed by atoms with Crippen LogP contribution in [0.2, 0.25) is 0 Å². The number of phenols is 2. The van der Waals surface area contributed by atoms with E-state index in [-0.39, 0.29) is 17.1 Å². The van der Waals surface area contributed by atoms with E-state index in [1.807, 2.05) is 13.0 Å². The molecule has 0 atom stereocenters. The molecule has 5 heteroatoms. The number of nitriles is 1. The minimum Gasteiger partial charge on any atom is -0.504 e. The molecule has 100 valence electrons. The van der Waals surface area contributed by atoms with E-state index in [4.69, 9.17) is 5.26 Å². The van der Waals surface area contributed by atoms with Gasteiger partial charge in [0.05, 0.1) is 11.6 Å². The van der Waals surface area contributed by atoms with Gasteiger partial charge >= 0.3 is 0 Å². The van der Waals surface area contributed by atoms with Gasteiger partial charge in [0.2, 0.25) is 0 Å². The van der Waals surface area contributed by atoms with Crippen molar-refractivity contribution < 1.29 is 15.0 Å². The Balaban J connectivity index is 2.28. The Morgan fingerprint density at radius 3 is 2.55 bits per heavy atom. The second kappa shape index (κ2) is 5.33. The highest BCUT2D eigenvalue weighted by Crippen LogP contribution is 2.25. The maximum atomic E-state index is 12.0. The average Bonchev–Trinajstić information content (AvgIpc) is 2.44. The number of aromatic hydroxyl groups is 2. The van der Waals surface area contributed by atoms with Gasteiger partial charge in [-0.2, -0.15) is 5.26 Å². The fraction of sp³-hybridized carbons (Fsp3) is 0.0667. The number of carbonyl (C=O) groups excluding carboxylic acids is 1. The van der Waals surface area contributed by atoms with Crippen molar-refractivity contribution in [2.75, 3.05) is 5.32 Å². The van der Waals surface area contributed by atoms with Gasteiger partial charge in [-0.25, -0.2) is 0 Å². The molecule has 20 heavy (non-hydrogen) atoms. The molecule has 0 unspecified atom stereocenters. The normalized spacial score (nSPS) is 9.80. The van der Waals surface area contributed by atoms with Gasteiger partial charge in [0, 0.05) is 11.3 Å². The van der Waals surface area contributed by atoms with Crippen molar-refractivity contribution >= 4 is 11.6 Å². The number of anilines is 1. The number of carbonyl (C=O) groups is 1. The first-order valence-corrected chi connectivity index (χ1v) is 5.85. The third-order valence-corrected chi connectivity index (χ3v) is 2.85. The van der Waals surface area contributed by atoms with E-state index in [1.54, 1.807) is 18.2 Å². The Morgan fingerprint density at radius 2 is 1.90 bits per heavy atom. The molecule has 0 fully saturated rings. The van der Waals surface area contributed by atoms with Gasteiger partial charge in [0.15, 0.2) is 11.5 Å². The van der Waals surface area contributed by atoms with Crippen LogP contribution in [-0.4, -0.2) is 16.1 Å². The summed E-state index contributed by atoms with van der Waals surface area (Å²) >= 11 is 0. The van der Waals surface area contributed by atoms with Crippen molar-refractivity contribution in [2.45, 2.75) is 6.92 Å².